The largest absolute Gasteiger partial charge is 0.507 e. The quantitative estimate of drug-likeness (QED) is 0.733. The van der Waals surface area contributed by atoms with Gasteiger partial charge in [-0.25, -0.2) is 0 Å². The molecular formula is C12H15NO. The molecule has 0 saturated heterocycles. The lowest BCUT2D eigenvalue weighted by Crippen LogP contribution is -1.95. The minimum absolute atomic E-state index is 0.385. The average molecular weight is 189 g/mol. The van der Waals surface area contributed by atoms with Gasteiger partial charge in [0.25, 0.3) is 0 Å². The van der Waals surface area contributed by atoms with Crippen molar-refractivity contribution in [2.45, 2.75) is 27.3 Å². The standard InChI is InChI=1S/C12H15NO/c1-4-13-9(3)7-10-11(13)5-8(2)6-12(10)14/h5-7,14H,4H2,1-3H3. The molecule has 0 atom stereocenters. The van der Waals surface area contributed by atoms with Crippen molar-refractivity contribution < 1.29 is 5.11 Å². The van der Waals surface area contributed by atoms with Crippen molar-refractivity contribution >= 4 is 10.9 Å². The van der Waals surface area contributed by atoms with Gasteiger partial charge in [0, 0.05) is 17.6 Å². The van der Waals surface area contributed by atoms with Gasteiger partial charge in [0.2, 0.25) is 0 Å². The number of aromatic nitrogens is 1. The molecule has 1 aromatic carbocycles. The van der Waals surface area contributed by atoms with Crippen molar-refractivity contribution in [2.24, 2.45) is 0 Å². The molecule has 1 heterocycles. The summed E-state index contributed by atoms with van der Waals surface area (Å²) in [6.45, 7) is 7.13. The molecule has 0 aliphatic carbocycles. The minimum atomic E-state index is 0.385. The van der Waals surface area contributed by atoms with Gasteiger partial charge < -0.3 is 9.67 Å². The molecule has 0 aliphatic heterocycles. The molecule has 0 spiro atoms. The lowest BCUT2D eigenvalue weighted by Gasteiger charge is -2.04. The van der Waals surface area contributed by atoms with Gasteiger partial charge in [0.1, 0.15) is 5.75 Å². The molecular weight excluding hydrogens is 174 g/mol. The number of phenols is 1. The molecule has 0 unspecified atom stereocenters. The lowest BCUT2D eigenvalue weighted by atomic mass is 10.1. The number of hydrogen-bond donors (Lipinski definition) is 1. The molecule has 2 aromatic rings. The van der Waals surface area contributed by atoms with E-state index in [9.17, 15) is 5.11 Å². The highest BCUT2D eigenvalue weighted by molar-refractivity contribution is 5.87. The van der Waals surface area contributed by atoms with E-state index in [4.69, 9.17) is 0 Å². The van der Waals surface area contributed by atoms with Crippen LogP contribution in [0.1, 0.15) is 18.2 Å². The number of fused-ring (bicyclic) bond motifs is 1. The van der Waals surface area contributed by atoms with Crippen LogP contribution in [-0.4, -0.2) is 9.67 Å². The average Bonchev–Trinajstić information content (AvgIpc) is 2.41. The number of benzene rings is 1. The maximum Gasteiger partial charge on any atom is 0.125 e. The van der Waals surface area contributed by atoms with Gasteiger partial charge in [-0.15, -0.1) is 0 Å². The van der Waals surface area contributed by atoms with Crippen LogP contribution < -0.4 is 0 Å². The molecule has 74 valence electrons. The molecule has 0 radical (unpaired) electrons. The third-order valence-corrected chi connectivity index (χ3v) is 2.67. The number of phenolic OH excluding ortho intramolecular Hbond substituents is 1. The smallest absolute Gasteiger partial charge is 0.125 e. The van der Waals surface area contributed by atoms with E-state index in [-0.39, 0.29) is 0 Å². The molecule has 1 aromatic heterocycles. The summed E-state index contributed by atoms with van der Waals surface area (Å²) >= 11 is 0. The molecule has 2 rings (SSSR count). The molecule has 2 heteroatoms. The number of hydrogen-bond acceptors (Lipinski definition) is 1. The molecule has 14 heavy (non-hydrogen) atoms. The Labute approximate surface area is 83.8 Å². The second kappa shape index (κ2) is 3.05. The third-order valence-electron chi connectivity index (χ3n) is 2.67. The fraction of sp³-hybridized carbons (Fsp3) is 0.333. The van der Waals surface area contributed by atoms with E-state index in [2.05, 4.69) is 24.5 Å². The zero-order valence-electron chi connectivity index (χ0n) is 8.83. The molecule has 0 fully saturated rings. The minimum Gasteiger partial charge on any atom is -0.507 e. The zero-order chi connectivity index (χ0) is 10.3. The number of aryl methyl sites for hydroxylation is 3. The van der Waals surface area contributed by atoms with Gasteiger partial charge in [-0.05, 0) is 44.5 Å². The SMILES string of the molecule is CCn1c(C)cc2c(O)cc(C)cc21. The first kappa shape index (κ1) is 9.13. The highest BCUT2D eigenvalue weighted by Gasteiger charge is 2.07. The Morgan fingerprint density at radius 3 is 2.57 bits per heavy atom. The Hall–Kier alpha value is -1.44. The van der Waals surface area contributed by atoms with Crippen LogP contribution in [0.15, 0.2) is 18.2 Å². The second-order valence-electron chi connectivity index (χ2n) is 3.75. The third kappa shape index (κ3) is 1.18. The second-order valence-corrected chi connectivity index (χ2v) is 3.75. The maximum atomic E-state index is 9.77. The van der Waals surface area contributed by atoms with E-state index in [1.54, 1.807) is 0 Å². The van der Waals surface area contributed by atoms with Crippen LogP contribution in [0, 0.1) is 13.8 Å². The Bertz CT molecular complexity index is 483. The summed E-state index contributed by atoms with van der Waals surface area (Å²) in [6.07, 6.45) is 0. The first-order chi connectivity index (χ1) is 6.63. The fourth-order valence-corrected chi connectivity index (χ4v) is 2.03. The molecule has 1 N–H and O–H groups in total. The summed E-state index contributed by atoms with van der Waals surface area (Å²) in [6, 6.07) is 5.96. The van der Waals surface area contributed by atoms with Gasteiger partial charge in [0.15, 0.2) is 0 Å². The van der Waals surface area contributed by atoms with Gasteiger partial charge in [0.05, 0.1) is 5.52 Å². The van der Waals surface area contributed by atoms with Gasteiger partial charge in [-0.3, -0.25) is 0 Å². The van der Waals surface area contributed by atoms with Crippen molar-refractivity contribution in [1.29, 1.82) is 0 Å². The van der Waals surface area contributed by atoms with Crippen molar-refractivity contribution in [2.75, 3.05) is 0 Å². The van der Waals surface area contributed by atoms with Gasteiger partial charge in [-0.1, -0.05) is 0 Å². The Morgan fingerprint density at radius 1 is 1.21 bits per heavy atom. The van der Waals surface area contributed by atoms with E-state index >= 15 is 0 Å². The summed E-state index contributed by atoms with van der Waals surface area (Å²) in [5.74, 6) is 0.385. The topological polar surface area (TPSA) is 25.2 Å². The van der Waals surface area contributed by atoms with Crippen LogP contribution in [-0.2, 0) is 6.54 Å². The summed E-state index contributed by atoms with van der Waals surface area (Å²) in [4.78, 5) is 0. The highest BCUT2D eigenvalue weighted by Crippen LogP contribution is 2.29. The van der Waals surface area contributed by atoms with Gasteiger partial charge >= 0.3 is 0 Å². The zero-order valence-corrected chi connectivity index (χ0v) is 8.83. The number of rotatable bonds is 1. The first-order valence-electron chi connectivity index (χ1n) is 4.93. The molecule has 0 saturated carbocycles. The van der Waals surface area contributed by atoms with E-state index < -0.39 is 0 Å². The Morgan fingerprint density at radius 2 is 1.93 bits per heavy atom. The summed E-state index contributed by atoms with van der Waals surface area (Å²) < 4.78 is 2.21. The number of nitrogens with zero attached hydrogens (tertiary/aromatic N) is 1. The normalized spacial score (nSPS) is 11.1. The molecule has 2 nitrogen and oxygen atoms in total. The molecule has 0 aliphatic rings. The summed E-state index contributed by atoms with van der Waals surface area (Å²) in [7, 11) is 0. The summed E-state index contributed by atoms with van der Waals surface area (Å²) in [5.41, 5.74) is 3.42. The first-order valence-corrected chi connectivity index (χ1v) is 4.93. The predicted octanol–water partition coefficient (Wildman–Crippen LogP) is 2.98. The monoisotopic (exact) mass is 189 g/mol. The lowest BCUT2D eigenvalue weighted by molar-refractivity contribution is 0.481. The maximum absolute atomic E-state index is 9.77. The fourth-order valence-electron chi connectivity index (χ4n) is 2.03. The van der Waals surface area contributed by atoms with Crippen LogP contribution in [0.25, 0.3) is 10.9 Å². The van der Waals surface area contributed by atoms with E-state index in [1.807, 2.05) is 19.1 Å². The van der Waals surface area contributed by atoms with E-state index in [1.165, 1.54) is 5.69 Å². The van der Waals surface area contributed by atoms with Crippen LogP contribution in [0.2, 0.25) is 0 Å². The van der Waals surface area contributed by atoms with Crippen LogP contribution in [0.5, 0.6) is 5.75 Å². The molecule has 0 bridgehead atoms. The Balaban J connectivity index is 2.87. The van der Waals surface area contributed by atoms with Crippen molar-refractivity contribution in [3.8, 4) is 5.75 Å². The van der Waals surface area contributed by atoms with Crippen molar-refractivity contribution in [1.82, 2.24) is 4.57 Å². The van der Waals surface area contributed by atoms with Crippen LogP contribution in [0.3, 0.4) is 0 Å². The van der Waals surface area contributed by atoms with Crippen molar-refractivity contribution in [3.05, 3.63) is 29.5 Å². The number of aromatic hydroxyl groups is 1. The highest BCUT2D eigenvalue weighted by atomic mass is 16.3. The van der Waals surface area contributed by atoms with E-state index in [0.29, 0.717) is 5.75 Å². The summed E-state index contributed by atoms with van der Waals surface area (Å²) in [5, 5.41) is 10.7. The van der Waals surface area contributed by atoms with E-state index in [0.717, 1.165) is 23.0 Å². The van der Waals surface area contributed by atoms with Crippen LogP contribution >= 0.6 is 0 Å². The van der Waals surface area contributed by atoms with Crippen LogP contribution in [0.4, 0.5) is 0 Å². The Kier molecular flexibility index (Phi) is 1.99. The van der Waals surface area contributed by atoms with Gasteiger partial charge in [-0.2, -0.15) is 0 Å². The van der Waals surface area contributed by atoms with Crippen molar-refractivity contribution in [3.63, 3.8) is 0 Å². The predicted molar refractivity (Wildman–Crippen MR) is 58.8 cm³/mol. The molecule has 0 amide bonds.